The van der Waals surface area contributed by atoms with Crippen molar-refractivity contribution >= 4 is 65.7 Å². The smallest absolute Gasteiger partial charge is 0.253 e. The highest BCUT2D eigenvalue weighted by Crippen LogP contribution is 2.38. The first kappa shape index (κ1) is 27.4. The Morgan fingerprint density at radius 2 is 1.49 bits per heavy atom. The molecule has 2 saturated heterocycles. The SMILES string of the molecule is Cc1cc(N(C)c2ccc(N3CCCC3)s2)ccc1/N=N/c1ccc(/N=N/c2nnc(N3CCOCC3)s2)c(C)c1. The maximum Gasteiger partial charge on any atom is 0.253 e. The van der Waals surface area contributed by atoms with Crippen LogP contribution in [0.5, 0.6) is 0 Å². The van der Waals surface area contributed by atoms with E-state index < -0.39 is 0 Å². The summed E-state index contributed by atoms with van der Waals surface area (Å²) in [6.07, 6.45) is 2.57. The van der Waals surface area contributed by atoms with Gasteiger partial charge in [0.1, 0.15) is 0 Å². The summed E-state index contributed by atoms with van der Waals surface area (Å²) in [7, 11) is 2.12. The third kappa shape index (κ3) is 6.45. The molecule has 2 aliphatic heterocycles. The Labute approximate surface area is 248 Å². The van der Waals surface area contributed by atoms with Crippen LogP contribution in [-0.2, 0) is 4.74 Å². The molecule has 0 amide bonds. The van der Waals surface area contributed by atoms with Gasteiger partial charge in [-0.15, -0.1) is 31.8 Å². The van der Waals surface area contributed by atoms with Gasteiger partial charge in [0.05, 0.1) is 40.3 Å². The Hall–Kier alpha value is -3.74. The first-order valence-electron chi connectivity index (χ1n) is 13.8. The van der Waals surface area contributed by atoms with Gasteiger partial charge in [0.25, 0.3) is 5.13 Å². The molecule has 2 aromatic heterocycles. The second-order valence-electron chi connectivity index (χ2n) is 10.2. The Morgan fingerprint density at radius 1 is 0.756 bits per heavy atom. The third-order valence-electron chi connectivity index (χ3n) is 7.28. The molecule has 41 heavy (non-hydrogen) atoms. The summed E-state index contributed by atoms with van der Waals surface area (Å²) in [5.74, 6) is 0. The van der Waals surface area contributed by atoms with Crippen LogP contribution in [0.2, 0.25) is 0 Å². The molecule has 0 bridgehead atoms. The van der Waals surface area contributed by atoms with Crippen molar-refractivity contribution in [3.05, 3.63) is 59.7 Å². The summed E-state index contributed by atoms with van der Waals surface area (Å²) in [5.41, 5.74) is 5.54. The highest BCUT2D eigenvalue weighted by atomic mass is 32.1. The molecule has 12 heteroatoms. The molecule has 0 unspecified atom stereocenters. The fourth-order valence-corrected chi connectivity index (χ4v) is 6.61. The van der Waals surface area contributed by atoms with E-state index in [0.717, 1.165) is 65.2 Å². The topological polar surface area (TPSA) is 94.2 Å². The lowest BCUT2D eigenvalue weighted by Crippen LogP contribution is -2.36. The second-order valence-corrected chi connectivity index (χ2v) is 12.1. The van der Waals surface area contributed by atoms with Gasteiger partial charge in [-0.25, -0.2) is 0 Å². The van der Waals surface area contributed by atoms with Gasteiger partial charge >= 0.3 is 0 Å². The van der Waals surface area contributed by atoms with Gasteiger partial charge in [-0.3, -0.25) is 0 Å². The lowest BCUT2D eigenvalue weighted by Gasteiger charge is -2.25. The zero-order valence-electron chi connectivity index (χ0n) is 23.5. The Bertz CT molecular complexity index is 1550. The average molecular weight is 588 g/mol. The number of nitrogens with zero attached hydrogens (tertiary/aromatic N) is 9. The van der Waals surface area contributed by atoms with Gasteiger partial charge in [-0.2, -0.15) is 10.2 Å². The molecule has 4 heterocycles. The average Bonchev–Trinajstić information content (AvgIpc) is 3.78. The van der Waals surface area contributed by atoms with Gasteiger partial charge in [-0.05, 0) is 86.3 Å². The summed E-state index contributed by atoms with van der Waals surface area (Å²) in [5, 5.41) is 30.1. The number of morpholine rings is 1. The van der Waals surface area contributed by atoms with Crippen LogP contribution in [0.3, 0.4) is 0 Å². The second kappa shape index (κ2) is 12.4. The fraction of sp³-hybridized carbons (Fsp3) is 0.379. The summed E-state index contributed by atoms with van der Waals surface area (Å²) < 4.78 is 5.40. The Morgan fingerprint density at radius 3 is 2.24 bits per heavy atom. The van der Waals surface area contributed by atoms with Crippen molar-refractivity contribution in [3.63, 3.8) is 0 Å². The van der Waals surface area contributed by atoms with Crippen LogP contribution in [0.15, 0.2) is 69.0 Å². The van der Waals surface area contributed by atoms with Crippen molar-refractivity contribution < 1.29 is 4.74 Å². The summed E-state index contributed by atoms with van der Waals surface area (Å²) in [6, 6.07) is 16.5. The van der Waals surface area contributed by atoms with Crippen molar-refractivity contribution in [3.8, 4) is 0 Å². The highest BCUT2D eigenvalue weighted by Gasteiger charge is 2.17. The molecule has 0 aliphatic carbocycles. The van der Waals surface area contributed by atoms with Crippen molar-refractivity contribution in [1.29, 1.82) is 0 Å². The van der Waals surface area contributed by atoms with Gasteiger partial charge in [0.15, 0.2) is 0 Å². The Kier molecular flexibility index (Phi) is 8.31. The molecular formula is C29H33N9OS2. The number of azo groups is 2. The van der Waals surface area contributed by atoms with E-state index in [0.29, 0.717) is 18.3 Å². The molecular weight excluding hydrogens is 555 g/mol. The maximum absolute atomic E-state index is 5.40. The molecule has 6 rings (SSSR count). The minimum Gasteiger partial charge on any atom is -0.378 e. The number of hydrogen-bond acceptors (Lipinski definition) is 12. The molecule has 0 radical (unpaired) electrons. The fourth-order valence-electron chi connectivity index (χ4n) is 4.85. The van der Waals surface area contributed by atoms with Gasteiger partial charge < -0.3 is 19.4 Å². The van der Waals surface area contributed by atoms with E-state index in [2.05, 4.69) is 83.6 Å². The number of rotatable bonds is 8. The lowest BCUT2D eigenvalue weighted by molar-refractivity contribution is 0.122. The molecule has 0 spiro atoms. The van der Waals surface area contributed by atoms with Crippen molar-refractivity contribution in [1.82, 2.24) is 10.2 Å². The largest absolute Gasteiger partial charge is 0.378 e. The van der Waals surface area contributed by atoms with Gasteiger partial charge in [0.2, 0.25) is 5.13 Å². The van der Waals surface area contributed by atoms with Gasteiger partial charge in [0, 0.05) is 38.9 Å². The normalized spacial score (nSPS) is 16.0. The van der Waals surface area contributed by atoms with Crippen molar-refractivity contribution in [2.75, 3.05) is 61.1 Å². The van der Waals surface area contributed by atoms with Crippen LogP contribution in [0.25, 0.3) is 0 Å². The number of anilines is 4. The van der Waals surface area contributed by atoms with Crippen LogP contribution < -0.4 is 14.7 Å². The molecule has 10 nitrogen and oxygen atoms in total. The minimum atomic E-state index is 0.533. The standard InChI is InChI=1S/C29H33N9OS2/c1-20-18-22(6-8-24(20)32-33-28-34-35-29(41-28)38-14-16-39-17-15-38)30-31-25-9-7-23(19-21(25)2)36(3)26-10-11-27(40-26)37-12-4-5-13-37/h6-11,18-19H,4-5,12-17H2,1-3H3/b31-30+,33-32+. The molecule has 0 saturated carbocycles. The quantitative estimate of drug-likeness (QED) is 0.193. The molecule has 2 fully saturated rings. The summed E-state index contributed by atoms with van der Waals surface area (Å²) in [6.45, 7) is 9.43. The van der Waals surface area contributed by atoms with E-state index in [1.807, 2.05) is 42.5 Å². The van der Waals surface area contributed by atoms with Crippen LogP contribution >= 0.6 is 22.7 Å². The molecule has 0 atom stereocenters. The first-order valence-corrected chi connectivity index (χ1v) is 15.5. The van der Waals surface area contributed by atoms with Crippen molar-refractivity contribution in [2.45, 2.75) is 26.7 Å². The number of aryl methyl sites for hydroxylation is 2. The molecule has 2 aromatic carbocycles. The van der Waals surface area contributed by atoms with Crippen molar-refractivity contribution in [2.24, 2.45) is 20.5 Å². The van der Waals surface area contributed by atoms with E-state index in [9.17, 15) is 0 Å². The van der Waals surface area contributed by atoms with E-state index >= 15 is 0 Å². The predicted molar refractivity (Wildman–Crippen MR) is 167 cm³/mol. The lowest BCUT2D eigenvalue weighted by atomic mass is 10.1. The van der Waals surface area contributed by atoms with Crippen LogP contribution in [0, 0.1) is 13.8 Å². The molecule has 2 aliphatic rings. The number of ether oxygens (including phenoxy) is 1. The highest BCUT2D eigenvalue weighted by molar-refractivity contribution is 7.20. The summed E-state index contributed by atoms with van der Waals surface area (Å²) in [4.78, 5) is 6.88. The summed E-state index contributed by atoms with van der Waals surface area (Å²) >= 11 is 3.28. The minimum absolute atomic E-state index is 0.533. The first-order chi connectivity index (χ1) is 20.0. The number of benzene rings is 2. The number of hydrogen-bond donors (Lipinski definition) is 0. The van der Waals surface area contributed by atoms with E-state index in [4.69, 9.17) is 4.74 Å². The molecule has 212 valence electrons. The Balaban J connectivity index is 1.09. The van der Waals surface area contributed by atoms with Gasteiger partial charge in [-0.1, -0.05) is 11.3 Å². The zero-order chi connectivity index (χ0) is 28.2. The predicted octanol–water partition coefficient (Wildman–Crippen LogP) is 8.25. The number of thiophene rings is 1. The van der Waals surface area contributed by atoms with E-state index in [1.165, 1.54) is 34.2 Å². The van der Waals surface area contributed by atoms with E-state index in [1.54, 1.807) is 0 Å². The van der Waals surface area contributed by atoms with Crippen LogP contribution in [0.4, 0.5) is 43.0 Å². The number of aromatic nitrogens is 2. The van der Waals surface area contributed by atoms with Crippen LogP contribution in [-0.4, -0.2) is 56.6 Å². The molecule has 4 aromatic rings. The maximum atomic E-state index is 5.40. The van der Waals surface area contributed by atoms with E-state index in [-0.39, 0.29) is 0 Å². The molecule has 0 N–H and O–H groups in total. The zero-order valence-corrected chi connectivity index (χ0v) is 25.2. The third-order valence-corrected chi connectivity index (χ3v) is 9.37. The monoisotopic (exact) mass is 587 g/mol. The van der Waals surface area contributed by atoms with Crippen LogP contribution in [0.1, 0.15) is 24.0 Å².